The first-order chi connectivity index (χ1) is 22.0. The van der Waals surface area contributed by atoms with Gasteiger partial charge >= 0.3 is 6.01 Å². The molecule has 0 bridgehead atoms. The fraction of sp³-hybridized carbons (Fsp3) is 0.543. The Morgan fingerprint density at radius 1 is 0.978 bits per heavy atom. The highest BCUT2D eigenvalue weighted by Gasteiger charge is 2.32. The van der Waals surface area contributed by atoms with Gasteiger partial charge in [0, 0.05) is 60.8 Å². The summed E-state index contributed by atoms with van der Waals surface area (Å²) < 4.78 is 7.06. The molecule has 0 saturated heterocycles. The van der Waals surface area contributed by atoms with Crippen molar-refractivity contribution >= 4 is 11.7 Å². The zero-order valence-electron chi connectivity index (χ0n) is 28.5. The van der Waals surface area contributed by atoms with Crippen LogP contribution in [0.15, 0.2) is 37.2 Å². The maximum absolute atomic E-state index is 13.4. The molecule has 0 aromatic carbocycles. The molecule has 5 rings (SSSR count). The predicted molar refractivity (Wildman–Crippen MR) is 179 cm³/mol. The van der Waals surface area contributed by atoms with Crippen molar-refractivity contribution in [2.24, 2.45) is 5.92 Å². The molecule has 4 aromatic heterocycles. The Bertz CT molecular complexity index is 1620. The summed E-state index contributed by atoms with van der Waals surface area (Å²) in [5.74, 6) is 1.96. The van der Waals surface area contributed by atoms with Gasteiger partial charge in [-0.15, -0.1) is 0 Å². The maximum Gasteiger partial charge on any atom is 0.316 e. The molecule has 11 heteroatoms. The van der Waals surface area contributed by atoms with E-state index >= 15 is 0 Å². The summed E-state index contributed by atoms with van der Waals surface area (Å²) in [4.78, 5) is 42.9. The summed E-state index contributed by atoms with van der Waals surface area (Å²) in [5.41, 5.74) is 5.35. The van der Waals surface area contributed by atoms with E-state index in [1.165, 1.54) is 7.11 Å². The van der Waals surface area contributed by atoms with Crippen LogP contribution in [0.5, 0.6) is 6.01 Å². The second-order valence-electron chi connectivity index (χ2n) is 13.6. The van der Waals surface area contributed by atoms with Crippen molar-refractivity contribution in [3.8, 4) is 28.7 Å². The Balaban J connectivity index is 1.31. The first-order valence-electron chi connectivity index (χ1n) is 16.4. The highest BCUT2D eigenvalue weighted by molar-refractivity contribution is 5.93. The third kappa shape index (κ3) is 7.40. The molecular formula is C35H47N9O2. The Morgan fingerprint density at radius 2 is 1.70 bits per heavy atom. The third-order valence-electron chi connectivity index (χ3n) is 8.69. The molecule has 1 saturated carbocycles. The number of aryl methyl sites for hydroxylation is 1. The molecule has 0 spiro atoms. The molecule has 4 heterocycles. The van der Waals surface area contributed by atoms with E-state index < -0.39 is 0 Å². The van der Waals surface area contributed by atoms with E-state index in [1.54, 1.807) is 24.8 Å². The van der Waals surface area contributed by atoms with Crippen LogP contribution in [0.25, 0.3) is 22.6 Å². The van der Waals surface area contributed by atoms with E-state index in [2.05, 4.69) is 67.7 Å². The second kappa shape index (κ2) is 14.0. The summed E-state index contributed by atoms with van der Waals surface area (Å²) in [6, 6.07) is 0.641. The molecule has 4 aromatic rings. The monoisotopic (exact) mass is 625 g/mol. The van der Waals surface area contributed by atoms with Gasteiger partial charge in [-0.05, 0) is 69.8 Å². The van der Waals surface area contributed by atoms with Crippen LogP contribution in [0, 0.1) is 12.8 Å². The molecule has 0 atom stereocenters. The lowest BCUT2D eigenvalue weighted by Gasteiger charge is -2.36. The lowest BCUT2D eigenvalue weighted by atomic mass is 9.82. The molecule has 46 heavy (non-hydrogen) atoms. The van der Waals surface area contributed by atoms with E-state index in [-0.39, 0.29) is 23.4 Å². The largest absolute Gasteiger partial charge is 0.467 e. The van der Waals surface area contributed by atoms with Gasteiger partial charge in [0.25, 0.3) is 0 Å². The van der Waals surface area contributed by atoms with Crippen LogP contribution in [0.2, 0.25) is 0 Å². The van der Waals surface area contributed by atoms with E-state index in [1.807, 2.05) is 22.7 Å². The number of hydrogen-bond donors (Lipinski definition) is 0. The van der Waals surface area contributed by atoms with Gasteiger partial charge in [0.1, 0.15) is 11.5 Å². The number of amides is 1. The number of methoxy groups -OCH3 is 1. The van der Waals surface area contributed by atoms with Gasteiger partial charge < -0.3 is 4.74 Å². The van der Waals surface area contributed by atoms with Crippen LogP contribution in [0.1, 0.15) is 103 Å². The number of nitrogens with zero attached hydrogens (tertiary/aromatic N) is 9. The number of rotatable bonds is 10. The van der Waals surface area contributed by atoms with Gasteiger partial charge in [0.2, 0.25) is 5.91 Å². The smallest absolute Gasteiger partial charge is 0.316 e. The molecule has 0 aliphatic heterocycles. The van der Waals surface area contributed by atoms with Crippen molar-refractivity contribution in [2.45, 2.75) is 111 Å². The van der Waals surface area contributed by atoms with Crippen molar-refractivity contribution in [3.63, 3.8) is 0 Å². The molecule has 1 amide bonds. The Kier molecular flexibility index (Phi) is 10.1. The molecule has 1 aliphatic rings. The molecule has 11 nitrogen and oxygen atoms in total. The van der Waals surface area contributed by atoms with E-state index in [9.17, 15) is 4.79 Å². The molecule has 0 radical (unpaired) electrons. The van der Waals surface area contributed by atoms with E-state index in [0.717, 1.165) is 72.4 Å². The molecule has 0 unspecified atom stereocenters. The van der Waals surface area contributed by atoms with Gasteiger partial charge in [-0.2, -0.15) is 5.10 Å². The summed E-state index contributed by atoms with van der Waals surface area (Å²) in [7, 11) is 1.53. The third-order valence-corrected chi connectivity index (χ3v) is 8.69. The first-order valence-corrected chi connectivity index (χ1v) is 16.4. The fourth-order valence-electron chi connectivity index (χ4n) is 6.09. The van der Waals surface area contributed by atoms with Crippen molar-refractivity contribution in [2.75, 3.05) is 12.0 Å². The molecule has 1 fully saturated rings. The van der Waals surface area contributed by atoms with Gasteiger partial charge in [0.05, 0.1) is 30.9 Å². The minimum atomic E-state index is -0.113. The van der Waals surface area contributed by atoms with Crippen LogP contribution in [0.4, 0.5) is 5.82 Å². The molecule has 1 aliphatic carbocycles. The number of anilines is 1. The van der Waals surface area contributed by atoms with Gasteiger partial charge in [-0.1, -0.05) is 27.7 Å². The molecular weight excluding hydrogens is 578 g/mol. The van der Waals surface area contributed by atoms with E-state index in [0.29, 0.717) is 29.9 Å². The number of hydrogen-bond acceptors (Lipinski definition) is 9. The highest BCUT2D eigenvalue weighted by Crippen LogP contribution is 2.35. The summed E-state index contributed by atoms with van der Waals surface area (Å²) in [6.45, 7) is 15.0. The van der Waals surface area contributed by atoms with Crippen molar-refractivity contribution in [1.82, 2.24) is 39.7 Å². The van der Waals surface area contributed by atoms with E-state index in [4.69, 9.17) is 19.8 Å². The summed E-state index contributed by atoms with van der Waals surface area (Å²) in [6.07, 6.45) is 16.6. The minimum absolute atomic E-state index is 0.0714. The zero-order valence-corrected chi connectivity index (χ0v) is 28.5. The molecule has 0 N–H and O–H groups in total. The fourth-order valence-corrected chi connectivity index (χ4v) is 6.09. The SMILES string of the molecule is CCCC(=O)N(c1cnc(-c2cnc(OC)nc2)cn1)C1CCC(Cc2ncc(C(C)(C)C)c(-c3nn(C(C)C)cc3C)n2)CC1. The first kappa shape index (κ1) is 33.1. The van der Waals surface area contributed by atoms with Crippen LogP contribution in [-0.2, 0) is 16.6 Å². The lowest BCUT2D eigenvalue weighted by Crippen LogP contribution is -2.43. The normalized spacial score (nSPS) is 16.9. The van der Waals surface area contributed by atoms with Crippen LogP contribution < -0.4 is 9.64 Å². The number of carbonyl (C=O) groups excluding carboxylic acids is 1. The summed E-state index contributed by atoms with van der Waals surface area (Å²) >= 11 is 0. The Morgan fingerprint density at radius 3 is 2.26 bits per heavy atom. The van der Waals surface area contributed by atoms with Crippen molar-refractivity contribution in [3.05, 3.63) is 54.1 Å². The maximum atomic E-state index is 13.4. The van der Waals surface area contributed by atoms with Crippen LogP contribution in [0.3, 0.4) is 0 Å². The quantitative estimate of drug-likeness (QED) is 0.189. The summed E-state index contributed by atoms with van der Waals surface area (Å²) in [5, 5.41) is 4.93. The van der Waals surface area contributed by atoms with Crippen LogP contribution >= 0.6 is 0 Å². The Hall–Kier alpha value is -4.28. The Labute approximate surface area is 272 Å². The molecule has 244 valence electrons. The van der Waals surface area contributed by atoms with Crippen molar-refractivity contribution in [1.29, 1.82) is 0 Å². The van der Waals surface area contributed by atoms with Crippen LogP contribution in [-0.4, -0.2) is 58.7 Å². The topological polar surface area (TPSA) is 125 Å². The van der Waals surface area contributed by atoms with Gasteiger partial charge in [-0.3, -0.25) is 19.4 Å². The van der Waals surface area contributed by atoms with Gasteiger partial charge in [-0.25, -0.2) is 24.9 Å². The number of carbonyl (C=O) groups is 1. The average molecular weight is 626 g/mol. The lowest BCUT2D eigenvalue weighted by molar-refractivity contribution is -0.119. The highest BCUT2D eigenvalue weighted by atomic mass is 16.5. The van der Waals surface area contributed by atoms with Gasteiger partial charge in [0.15, 0.2) is 5.82 Å². The minimum Gasteiger partial charge on any atom is -0.467 e. The van der Waals surface area contributed by atoms with Crippen molar-refractivity contribution < 1.29 is 9.53 Å². The number of ether oxygens (including phenoxy) is 1. The average Bonchev–Trinajstić information content (AvgIpc) is 3.44. The predicted octanol–water partition coefficient (Wildman–Crippen LogP) is 6.72. The number of aromatic nitrogens is 8. The standard InChI is InChI=1S/C35H47N9O2/c1-9-10-31(45)44(30-20-36-28(19-38-30)25-16-39-34(46-8)40-17-25)26-13-11-24(12-14-26)15-29-37-18-27(35(5,6)7)33(41-29)32-23(4)21-43(42-32)22(2)3/h16-22,24,26H,9-15H2,1-8H3. The second-order valence-corrected chi connectivity index (χ2v) is 13.6. The zero-order chi connectivity index (χ0) is 33.0.